The quantitative estimate of drug-likeness (QED) is 0.786. The van der Waals surface area contributed by atoms with Crippen molar-refractivity contribution in [3.63, 3.8) is 0 Å². The normalized spacial score (nSPS) is 19.5. The molecule has 5 nitrogen and oxygen atoms in total. The van der Waals surface area contributed by atoms with E-state index in [0.29, 0.717) is 12.6 Å². The number of thiocarbonyl (C=S) groups is 1. The van der Waals surface area contributed by atoms with Gasteiger partial charge in [-0.05, 0) is 37.0 Å². The lowest BCUT2D eigenvalue weighted by Gasteiger charge is -2.44. The minimum absolute atomic E-state index is 0.212. The Morgan fingerprint density at radius 2 is 1.88 bits per heavy atom. The molecule has 130 valence electrons. The van der Waals surface area contributed by atoms with Crippen molar-refractivity contribution in [2.24, 2.45) is 0 Å². The van der Waals surface area contributed by atoms with Crippen molar-refractivity contribution in [2.75, 3.05) is 33.2 Å². The summed E-state index contributed by atoms with van der Waals surface area (Å²) in [5, 5.41) is 0.950. The number of carbonyl (C=O) groups is 1. The van der Waals surface area contributed by atoms with Crippen LogP contribution in [0, 0.1) is 0 Å². The molecule has 2 heterocycles. The summed E-state index contributed by atoms with van der Waals surface area (Å²) in [7, 11) is 2.06. The number of hydrogen-bond acceptors (Lipinski definition) is 3. The molecule has 0 atom stereocenters. The van der Waals surface area contributed by atoms with Gasteiger partial charge in [-0.15, -0.1) is 0 Å². The SMILES string of the molecule is CN1CCCN(C2CCN(C(=O)OCc3ccccc3)CC2)C1=S. The second-order valence-corrected chi connectivity index (χ2v) is 6.87. The van der Waals surface area contributed by atoms with Gasteiger partial charge in [0.2, 0.25) is 0 Å². The lowest BCUT2D eigenvalue weighted by atomic mass is 10.0. The summed E-state index contributed by atoms with van der Waals surface area (Å²) in [6.45, 7) is 3.88. The predicted molar refractivity (Wildman–Crippen MR) is 97.8 cm³/mol. The van der Waals surface area contributed by atoms with Crippen LogP contribution >= 0.6 is 12.2 Å². The number of benzene rings is 1. The van der Waals surface area contributed by atoms with Gasteiger partial charge in [0.05, 0.1) is 0 Å². The van der Waals surface area contributed by atoms with Gasteiger partial charge >= 0.3 is 6.09 Å². The van der Waals surface area contributed by atoms with Crippen molar-refractivity contribution in [1.29, 1.82) is 0 Å². The minimum atomic E-state index is -0.212. The fraction of sp³-hybridized carbons (Fsp3) is 0.556. The molecule has 1 aromatic rings. The molecule has 0 N–H and O–H groups in total. The summed E-state index contributed by atoms with van der Waals surface area (Å²) in [5.74, 6) is 0. The lowest BCUT2D eigenvalue weighted by Crippen LogP contribution is -2.55. The van der Waals surface area contributed by atoms with Gasteiger partial charge in [0.25, 0.3) is 0 Å². The van der Waals surface area contributed by atoms with Gasteiger partial charge in [-0.2, -0.15) is 0 Å². The highest BCUT2D eigenvalue weighted by atomic mass is 32.1. The largest absolute Gasteiger partial charge is 0.445 e. The number of carbonyl (C=O) groups excluding carboxylic acids is 1. The predicted octanol–water partition coefficient (Wildman–Crippen LogP) is 2.71. The van der Waals surface area contributed by atoms with Crippen molar-refractivity contribution < 1.29 is 9.53 Å². The average Bonchev–Trinajstić information content (AvgIpc) is 2.63. The maximum atomic E-state index is 12.2. The Balaban J connectivity index is 1.46. The van der Waals surface area contributed by atoms with E-state index in [0.717, 1.165) is 56.1 Å². The highest BCUT2D eigenvalue weighted by Gasteiger charge is 2.31. The second kappa shape index (κ2) is 7.83. The zero-order valence-electron chi connectivity index (χ0n) is 14.2. The van der Waals surface area contributed by atoms with Gasteiger partial charge in [-0.25, -0.2) is 4.79 Å². The van der Waals surface area contributed by atoms with Crippen LogP contribution in [0.1, 0.15) is 24.8 Å². The molecule has 0 spiro atoms. The summed E-state index contributed by atoms with van der Waals surface area (Å²) in [6.07, 6.45) is 2.84. The van der Waals surface area contributed by atoms with Crippen LogP contribution in [0.5, 0.6) is 0 Å². The Labute approximate surface area is 149 Å². The van der Waals surface area contributed by atoms with Crippen molar-refractivity contribution in [2.45, 2.75) is 31.9 Å². The van der Waals surface area contributed by atoms with E-state index in [9.17, 15) is 4.79 Å². The molecule has 1 aromatic carbocycles. The second-order valence-electron chi connectivity index (χ2n) is 6.51. The van der Waals surface area contributed by atoms with Crippen LogP contribution < -0.4 is 0 Å². The Bertz CT molecular complexity index is 573. The maximum absolute atomic E-state index is 12.2. The third-order valence-corrected chi connectivity index (χ3v) is 5.38. The first-order chi connectivity index (χ1) is 11.6. The van der Waals surface area contributed by atoms with Gasteiger partial charge < -0.3 is 19.4 Å². The minimum Gasteiger partial charge on any atom is -0.445 e. The Morgan fingerprint density at radius 1 is 1.17 bits per heavy atom. The highest BCUT2D eigenvalue weighted by molar-refractivity contribution is 7.80. The van der Waals surface area contributed by atoms with E-state index in [1.54, 1.807) is 0 Å². The maximum Gasteiger partial charge on any atom is 0.410 e. The number of ether oxygens (including phenoxy) is 1. The summed E-state index contributed by atoms with van der Waals surface area (Å²) in [5.41, 5.74) is 1.02. The van der Waals surface area contributed by atoms with E-state index in [-0.39, 0.29) is 6.09 Å². The number of nitrogens with zero attached hydrogens (tertiary/aromatic N) is 3. The third-order valence-electron chi connectivity index (χ3n) is 4.83. The average molecular weight is 347 g/mol. The van der Waals surface area contributed by atoms with Gasteiger partial charge in [0, 0.05) is 39.3 Å². The molecule has 0 aromatic heterocycles. The number of piperidine rings is 1. The fourth-order valence-corrected chi connectivity index (χ4v) is 3.73. The van der Waals surface area contributed by atoms with Crippen molar-refractivity contribution in [1.82, 2.24) is 14.7 Å². The molecule has 6 heteroatoms. The van der Waals surface area contributed by atoms with Crippen LogP contribution in [0.4, 0.5) is 4.79 Å². The monoisotopic (exact) mass is 347 g/mol. The number of likely N-dealkylation sites (tertiary alicyclic amines) is 1. The summed E-state index contributed by atoms with van der Waals surface area (Å²) in [4.78, 5) is 18.5. The Morgan fingerprint density at radius 3 is 2.58 bits per heavy atom. The van der Waals surface area contributed by atoms with Crippen LogP contribution in [0.25, 0.3) is 0 Å². The zero-order chi connectivity index (χ0) is 16.9. The number of hydrogen-bond donors (Lipinski definition) is 0. The van der Waals surface area contributed by atoms with Crippen LogP contribution in [-0.2, 0) is 11.3 Å². The van der Waals surface area contributed by atoms with E-state index < -0.39 is 0 Å². The summed E-state index contributed by atoms with van der Waals surface area (Å²) in [6, 6.07) is 10.2. The summed E-state index contributed by atoms with van der Waals surface area (Å²) < 4.78 is 5.43. The van der Waals surface area contributed by atoms with Crippen LogP contribution in [0.15, 0.2) is 30.3 Å². The first-order valence-corrected chi connectivity index (χ1v) is 9.03. The molecular formula is C18H25N3O2S. The van der Waals surface area contributed by atoms with Gasteiger partial charge in [-0.3, -0.25) is 0 Å². The van der Waals surface area contributed by atoms with Crippen LogP contribution in [-0.4, -0.2) is 65.2 Å². The molecule has 1 amide bonds. The molecule has 3 rings (SSSR count). The third kappa shape index (κ3) is 3.98. The zero-order valence-corrected chi connectivity index (χ0v) is 15.0. The molecule has 0 bridgehead atoms. The molecule has 2 aliphatic rings. The van der Waals surface area contributed by atoms with Gasteiger partial charge in [0.15, 0.2) is 5.11 Å². The van der Waals surface area contributed by atoms with Crippen molar-refractivity contribution in [3.8, 4) is 0 Å². The van der Waals surface area contributed by atoms with Gasteiger partial charge in [0.1, 0.15) is 6.61 Å². The standard InChI is InChI=1S/C18H25N3O2S/c1-19-10-5-11-21(17(19)24)16-8-12-20(13-9-16)18(22)23-14-15-6-3-2-4-7-15/h2-4,6-7,16H,5,8-14H2,1H3. The van der Waals surface area contributed by atoms with Crippen molar-refractivity contribution in [3.05, 3.63) is 35.9 Å². The van der Waals surface area contributed by atoms with Crippen LogP contribution in [0.2, 0.25) is 0 Å². The number of amides is 1. The van der Waals surface area contributed by atoms with E-state index in [1.165, 1.54) is 0 Å². The fourth-order valence-electron chi connectivity index (χ4n) is 3.40. The first-order valence-electron chi connectivity index (χ1n) is 8.62. The first kappa shape index (κ1) is 17.0. The Kier molecular flexibility index (Phi) is 5.56. The van der Waals surface area contributed by atoms with Crippen molar-refractivity contribution >= 4 is 23.4 Å². The molecule has 2 saturated heterocycles. The van der Waals surface area contributed by atoms with E-state index in [2.05, 4.69) is 16.8 Å². The molecule has 0 aliphatic carbocycles. The summed E-state index contributed by atoms with van der Waals surface area (Å²) >= 11 is 5.55. The molecule has 2 fully saturated rings. The van der Waals surface area contributed by atoms with Gasteiger partial charge in [-0.1, -0.05) is 30.3 Å². The Hall–Kier alpha value is -1.82. The molecular weight excluding hydrogens is 322 g/mol. The van der Waals surface area contributed by atoms with Crippen LogP contribution in [0.3, 0.4) is 0 Å². The van der Waals surface area contributed by atoms with E-state index in [1.807, 2.05) is 35.2 Å². The molecule has 0 unspecified atom stereocenters. The van der Waals surface area contributed by atoms with E-state index in [4.69, 9.17) is 17.0 Å². The smallest absolute Gasteiger partial charge is 0.410 e. The number of rotatable bonds is 3. The topological polar surface area (TPSA) is 36.0 Å². The van der Waals surface area contributed by atoms with E-state index >= 15 is 0 Å². The molecule has 0 saturated carbocycles. The highest BCUT2D eigenvalue weighted by Crippen LogP contribution is 2.21. The lowest BCUT2D eigenvalue weighted by molar-refractivity contribution is 0.0755. The molecule has 0 radical (unpaired) electrons. The molecule has 24 heavy (non-hydrogen) atoms. The molecule has 2 aliphatic heterocycles.